The molecule has 7 nitrogen and oxygen atoms in total. The van der Waals surface area contributed by atoms with Crippen molar-refractivity contribution in [1.82, 2.24) is 9.80 Å². The molecular weight excluding hydrogens is 567 g/mol. The van der Waals surface area contributed by atoms with Crippen LogP contribution < -0.4 is 24.8 Å². The van der Waals surface area contributed by atoms with Crippen LogP contribution in [0.5, 0.6) is 0 Å². The highest BCUT2D eigenvalue weighted by atomic mass is 35.5. The van der Waals surface area contributed by atoms with Crippen LogP contribution in [-0.2, 0) is 4.12 Å². The fraction of sp³-hybridized carbons (Fsp3) is 1.00. The molecule has 0 aromatic carbocycles. The molecule has 4 atom stereocenters. The van der Waals surface area contributed by atoms with Gasteiger partial charge in [0.15, 0.2) is 16.6 Å². The fourth-order valence-electron chi connectivity index (χ4n) is 6.35. The monoisotopic (exact) mass is 634 g/mol. The topological polar surface area (TPSA) is 56.2 Å². The fourth-order valence-corrected chi connectivity index (χ4v) is 16.6. The largest absolute Gasteiger partial charge is 1.00 e. The van der Waals surface area contributed by atoms with Gasteiger partial charge in [0.25, 0.3) is 0 Å². The number of rotatable bonds is 20. The molecule has 0 amide bonds. The lowest BCUT2D eigenvalue weighted by molar-refractivity contribution is -0.872. The molecule has 0 rings (SSSR count). The van der Waals surface area contributed by atoms with Crippen molar-refractivity contribution in [3.05, 3.63) is 0 Å². The van der Waals surface area contributed by atoms with Crippen LogP contribution in [0.3, 0.4) is 0 Å². The molecule has 0 spiro atoms. The van der Waals surface area contributed by atoms with E-state index in [4.69, 9.17) is 4.12 Å². The van der Waals surface area contributed by atoms with Crippen molar-refractivity contribution in [2.45, 2.75) is 78.1 Å². The first kappa shape index (κ1) is 44.2. The summed E-state index contributed by atoms with van der Waals surface area (Å²) in [6.07, 6.45) is 0. The molecule has 0 aliphatic rings. The molecule has 2 N–H and O–H groups in total. The standard InChI is InChI=1S/C28H68N4O3Si2.2ClH/c1-15-29(27(21-33)19-31(5,6)7)17-25(3)23-36(11,12)35-37(13,14)24-26(4)18-30(16-2)28(22-34)20-32(8,9)10;;/h25-28,33-34H,15-24H2,1-14H3;2*1H/q+2;;/p-2. The van der Waals surface area contributed by atoms with Crippen LogP contribution in [-0.4, -0.2) is 152 Å². The summed E-state index contributed by atoms with van der Waals surface area (Å²) in [6.45, 7) is 25.0. The minimum atomic E-state index is -1.84. The number of likely N-dealkylation sites (N-methyl/N-ethyl adjacent to an activating group) is 4. The number of aliphatic hydroxyl groups is 2. The SMILES string of the molecule is CCN(CC(C)C[Si](C)(C)O[Si](C)(C)CC(C)CN(CC)C(CO)C[N+](C)(C)C)C(CO)C[N+](C)(C)C.[Cl-].[Cl-]. The van der Waals surface area contributed by atoms with Crippen molar-refractivity contribution in [2.24, 2.45) is 11.8 Å². The maximum atomic E-state index is 10.1. The van der Waals surface area contributed by atoms with Gasteiger partial charge in [0.05, 0.1) is 80.7 Å². The number of nitrogens with zero attached hydrogens (tertiary/aromatic N) is 4. The van der Waals surface area contributed by atoms with Crippen LogP contribution in [0.4, 0.5) is 0 Å². The molecule has 0 saturated heterocycles. The minimum absolute atomic E-state index is 0. The Labute approximate surface area is 258 Å². The molecular formula is C28H68Cl2N4O3Si2. The van der Waals surface area contributed by atoms with Gasteiger partial charge >= 0.3 is 0 Å². The molecule has 0 aliphatic carbocycles. The second kappa shape index (κ2) is 19.1. The smallest absolute Gasteiger partial charge is 0.173 e. The van der Waals surface area contributed by atoms with Crippen LogP contribution in [0.15, 0.2) is 0 Å². The van der Waals surface area contributed by atoms with Gasteiger partial charge in [0.1, 0.15) is 0 Å². The van der Waals surface area contributed by atoms with Gasteiger partial charge in [-0.05, 0) is 63.2 Å². The highest BCUT2D eigenvalue weighted by molar-refractivity contribution is 6.84. The van der Waals surface area contributed by atoms with Gasteiger partial charge in [0, 0.05) is 13.1 Å². The van der Waals surface area contributed by atoms with Crippen LogP contribution in [0, 0.1) is 11.8 Å². The summed E-state index contributed by atoms with van der Waals surface area (Å²) in [5.41, 5.74) is 0. The molecule has 4 unspecified atom stereocenters. The average Bonchev–Trinajstić information content (AvgIpc) is 2.69. The number of quaternary nitrogens is 2. The molecule has 0 aliphatic heterocycles. The van der Waals surface area contributed by atoms with E-state index in [2.05, 4.69) is 106 Å². The molecule has 0 saturated carbocycles. The van der Waals surface area contributed by atoms with E-state index in [1.165, 1.54) is 0 Å². The second-order valence-electron chi connectivity index (χ2n) is 15.0. The van der Waals surface area contributed by atoms with E-state index < -0.39 is 16.6 Å². The van der Waals surface area contributed by atoms with Gasteiger partial charge in [-0.1, -0.05) is 27.7 Å². The van der Waals surface area contributed by atoms with Gasteiger partial charge in [-0.25, -0.2) is 0 Å². The van der Waals surface area contributed by atoms with Crippen molar-refractivity contribution in [2.75, 3.05) is 94.8 Å². The zero-order chi connectivity index (χ0) is 29.2. The summed E-state index contributed by atoms with van der Waals surface area (Å²) < 4.78 is 8.79. The Morgan fingerprint density at radius 2 is 0.923 bits per heavy atom. The summed E-state index contributed by atoms with van der Waals surface area (Å²) in [4.78, 5) is 4.94. The molecule has 39 heavy (non-hydrogen) atoms. The first-order valence-electron chi connectivity index (χ1n) is 14.7. The predicted molar refractivity (Wildman–Crippen MR) is 166 cm³/mol. The normalized spacial score (nSPS) is 16.5. The van der Waals surface area contributed by atoms with Crippen LogP contribution in [0.25, 0.3) is 0 Å². The minimum Gasteiger partial charge on any atom is -1.00 e. The Hall–Kier alpha value is 0.734. The van der Waals surface area contributed by atoms with Gasteiger partial charge in [0.2, 0.25) is 0 Å². The predicted octanol–water partition coefficient (Wildman–Crippen LogP) is -2.53. The van der Waals surface area contributed by atoms with Crippen LogP contribution in [0.2, 0.25) is 38.3 Å². The van der Waals surface area contributed by atoms with Crippen molar-refractivity contribution in [1.29, 1.82) is 0 Å². The number of hydrogen-bond acceptors (Lipinski definition) is 5. The molecule has 11 heteroatoms. The summed E-state index contributed by atoms with van der Waals surface area (Å²) in [7, 11) is 9.52. The Kier molecular flexibility index (Phi) is 21.6. The van der Waals surface area contributed by atoms with Crippen molar-refractivity contribution < 1.29 is 48.1 Å². The van der Waals surface area contributed by atoms with E-state index in [9.17, 15) is 10.2 Å². The lowest BCUT2D eigenvalue weighted by Gasteiger charge is -2.40. The third kappa shape index (κ3) is 20.3. The molecule has 0 bridgehead atoms. The summed E-state index contributed by atoms with van der Waals surface area (Å²) in [5, 5.41) is 20.2. The highest BCUT2D eigenvalue weighted by Gasteiger charge is 2.36. The van der Waals surface area contributed by atoms with Gasteiger partial charge < -0.3 is 48.1 Å². The van der Waals surface area contributed by atoms with Crippen LogP contribution >= 0.6 is 0 Å². The molecule has 0 radical (unpaired) electrons. The van der Waals surface area contributed by atoms with E-state index in [1.807, 2.05) is 0 Å². The van der Waals surface area contributed by atoms with E-state index >= 15 is 0 Å². The number of aliphatic hydroxyl groups excluding tert-OH is 2. The molecule has 240 valence electrons. The Morgan fingerprint density at radius 1 is 0.641 bits per heavy atom. The zero-order valence-corrected chi connectivity index (χ0v) is 31.7. The van der Waals surface area contributed by atoms with Gasteiger partial charge in [-0.3, -0.25) is 9.80 Å². The number of hydrogen-bond donors (Lipinski definition) is 2. The Balaban J connectivity index is -0.00000648. The number of halogens is 2. The van der Waals surface area contributed by atoms with Crippen molar-refractivity contribution in [3.8, 4) is 0 Å². The van der Waals surface area contributed by atoms with Crippen molar-refractivity contribution >= 4 is 16.6 Å². The van der Waals surface area contributed by atoms with Gasteiger partial charge in [-0.15, -0.1) is 0 Å². The summed E-state index contributed by atoms with van der Waals surface area (Å²) in [5.74, 6) is 1.09. The highest BCUT2D eigenvalue weighted by Crippen LogP contribution is 2.28. The third-order valence-corrected chi connectivity index (χ3v) is 14.9. The van der Waals surface area contributed by atoms with E-state index in [-0.39, 0.29) is 50.1 Å². The maximum absolute atomic E-state index is 10.1. The lowest BCUT2D eigenvalue weighted by atomic mass is 10.1. The van der Waals surface area contributed by atoms with Crippen molar-refractivity contribution in [3.63, 3.8) is 0 Å². The quantitative estimate of drug-likeness (QED) is 0.114. The van der Waals surface area contributed by atoms with E-state index in [1.54, 1.807) is 0 Å². The lowest BCUT2D eigenvalue weighted by Crippen LogP contribution is -3.00. The Morgan fingerprint density at radius 3 is 1.13 bits per heavy atom. The first-order valence-corrected chi connectivity index (χ1v) is 20.9. The molecule has 0 aromatic heterocycles. The van der Waals surface area contributed by atoms with E-state index in [0.717, 1.165) is 60.3 Å². The zero-order valence-electron chi connectivity index (χ0n) is 28.2. The summed E-state index contributed by atoms with van der Waals surface area (Å²) in [6, 6.07) is 2.69. The average molecular weight is 636 g/mol. The van der Waals surface area contributed by atoms with Crippen LogP contribution in [0.1, 0.15) is 27.7 Å². The first-order chi connectivity index (χ1) is 16.7. The summed E-state index contributed by atoms with van der Waals surface area (Å²) >= 11 is 0. The Bertz CT molecular complexity index is 583. The molecule has 0 fully saturated rings. The molecule has 0 aromatic rings. The van der Waals surface area contributed by atoms with E-state index in [0.29, 0.717) is 11.8 Å². The third-order valence-electron chi connectivity index (χ3n) is 7.11. The maximum Gasteiger partial charge on any atom is 0.173 e. The van der Waals surface area contributed by atoms with Gasteiger partial charge in [-0.2, -0.15) is 0 Å². The molecule has 0 heterocycles. The second-order valence-corrected chi connectivity index (χ2v) is 23.7.